The Kier molecular flexibility index (Phi) is 4.12. The summed E-state index contributed by atoms with van der Waals surface area (Å²) in [6.07, 6.45) is 1.93. The minimum atomic E-state index is -0.791. The average molecular weight is 279 g/mol. The first-order valence-corrected chi connectivity index (χ1v) is 6.22. The molecule has 0 bridgehead atoms. The van der Waals surface area contributed by atoms with Crippen LogP contribution in [0.1, 0.15) is 25.1 Å². The van der Waals surface area contributed by atoms with Crippen molar-refractivity contribution in [2.45, 2.75) is 26.3 Å². The molecule has 1 amide bonds. The maximum Gasteiger partial charge on any atom is 0.226 e. The fourth-order valence-electron chi connectivity index (χ4n) is 1.83. The Morgan fingerprint density at radius 1 is 1.40 bits per heavy atom. The number of carbonyl (C=O) groups excluding carboxylic acids is 1. The first kappa shape index (κ1) is 14.2. The van der Waals surface area contributed by atoms with Gasteiger partial charge in [-0.15, -0.1) is 0 Å². The number of anilines is 1. The third-order valence-corrected chi connectivity index (χ3v) is 2.88. The summed E-state index contributed by atoms with van der Waals surface area (Å²) in [4.78, 5) is 11.8. The van der Waals surface area contributed by atoms with Crippen LogP contribution in [0.25, 0.3) is 0 Å². The quantitative estimate of drug-likeness (QED) is 0.935. The van der Waals surface area contributed by atoms with Crippen LogP contribution >= 0.6 is 0 Å². The van der Waals surface area contributed by atoms with Crippen LogP contribution in [0.5, 0.6) is 0 Å². The fourth-order valence-corrected chi connectivity index (χ4v) is 1.83. The van der Waals surface area contributed by atoms with E-state index in [2.05, 4.69) is 10.4 Å². The van der Waals surface area contributed by atoms with Gasteiger partial charge in [0.15, 0.2) is 0 Å². The minimum Gasteiger partial charge on any atom is -0.324 e. The molecule has 0 saturated heterocycles. The van der Waals surface area contributed by atoms with E-state index in [0.717, 1.165) is 17.8 Å². The molecule has 0 aliphatic rings. The zero-order valence-corrected chi connectivity index (χ0v) is 11.2. The van der Waals surface area contributed by atoms with Crippen molar-refractivity contribution in [3.63, 3.8) is 0 Å². The van der Waals surface area contributed by atoms with Gasteiger partial charge < -0.3 is 5.32 Å². The van der Waals surface area contributed by atoms with Gasteiger partial charge in [-0.2, -0.15) is 5.10 Å². The molecular weight excluding hydrogens is 264 g/mol. The molecule has 1 atom stereocenters. The highest BCUT2D eigenvalue weighted by Crippen LogP contribution is 2.17. The summed E-state index contributed by atoms with van der Waals surface area (Å²) in [5.74, 6) is -1.82. The molecule has 20 heavy (non-hydrogen) atoms. The predicted molar refractivity (Wildman–Crippen MR) is 71.3 cm³/mol. The van der Waals surface area contributed by atoms with Crippen molar-refractivity contribution in [2.75, 3.05) is 5.32 Å². The van der Waals surface area contributed by atoms with Crippen LogP contribution in [0.2, 0.25) is 0 Å². The van der Waals surface area contributed by atoms with E-state index in [4.69, 9.17) is 0 Å². The van der Waals surface area contributed by atoms with Gasteiger partial charge >= 0.3 is 0 Å². The number of aromatic nitrogens is 2. The van der Waals surface area contributed by atoms with E-state index in [1.165, 1.54) is 6.07 Å². The molecule has 1 aromatic carbocycles. The van der Waals surface area contributed by atoms with Crippen molar-refractivity contribution in [1.82, 2.24) is 9.78 Å². The molecular formula is C14H15F2N3O. The summed E-state index contributed by atoms with van der Waals surface area (Å²) >= 11 is 0. The standard InChI is InChI=1S/C14H15F2N3O/c1-9-5-6-19(18-9)10(2)7-14(20)17-13-4-3-11(15)8-12(13)16/h3-6,8,10H,7H2,1-2H3,(H,17,20)/t10-/m0/s1. The zero-order valence-electron chi connectivity index (χ0n) is 11.2. The Hall–Kier alpha value is -2.24. The summed E-state index contributed by atoms with van der Waals surface area (Å²) in [7, 11) is 0. The number of carbonyl (C=O) groups is 1. The van der Waals surface area contributed by atoms with Gasteiger partial charge in [0.2, 0.25) is 5.91 Å². The van der Waals surface area contributed by atoms with E-state index in [9.17, 15) is 13.6 Å². The topological polar surface area (TPSA) is 46.9 Å². The van der Waals surface area contributed by atoms with E-state index < -0.39 is 11.6 Å². The molecule has 0 fully saturated rings. The SMILES string of the molecule is Cc1ccn([C@@H](C)CC(=O)Nc2ccc(F)cc2F)n1. The molecule has 1 aromatic heterocycles. The van der Waals surface area contributed by atoms with Crippen molar-refractivity contribution < 1.29 is 13.6 Å². The second-order valence-electron chi connectivity index (χ2n) is 4.66. The van der Waals surface area contributed by atoms with Gasteiger partial charge in [-0.05, 0) is 32.0 Å². The molecule has 106 valence electrons. The molecule has 1 N–H and O–H groups in total. The molecule has 0 radical (unpaired) electrons. The number of nitrogens with zero attached hydrogens (tertiary/aromatic N) is 2. The first-order chi connectivity index (χ1) is 9.45. The van der Waals surface area contributed by atoms with Crippen molar-refractivity contribution in [2.24, 2.45) is 0 Å². The van der Waals surface area contributed by atoms with Gasteiger partial charge in [0.05, 0.1) is 17.4 Å². The first-order valence-electron chi connectivity index (χ1n) is 6.22. The van der Waals surface area contributed by atoms with Crippen LogP contribution in [0.4, 0.5) is 14.5 Å². The van der Waals surface area contributed by atoms with Crippen LogP contribution in [0.15, 0.2) is 30.5 Å². The molecule has 0 aliphatic heterocycles. The van der Waals surface area contributed by atoms with E-state index >= 15 is 0 Å². The van der Waals surface area contributed by atoms with Crippen LogP contribution < -0.4 is 5.32 Å². The fraction of sp³-hybridized carbons (Fsp3) is 0.286. The number of benzene rings is 1. The molecule has 0 unspecified atom stereocenters. The van der Waals surface area contributed by atoms with E-state index in [1.54, 1.807) is 10.9 Å². The highest BCUT2D eigenvalue weighted by Gasteiger charge is 2.13. The lowest BCUT2D eigenvalue weighted by atomic mass is 10.2. The van der Waals surface area contributed by atoms with Crippen molar-refractivity contribution in [1.29, 1.82) is 0 Å². The predicted octanol–water partition coefficient (Wildman–Crippen LogP) is 3.06. The molecule has 0 aliphatic carbocycles. The van der Waals surface area contributed by atoms with Gasteiger partial charge in [0, 0.05) is 18.7 Å². The summed E-state index contributed by atoms with van der Waals surface area (Å²) in [5, 5.41) is 6.64. The van der Waals surface area contributed by atoms with Gasteiger partial charge in [-0.3, -0.25) is 9.48 Å². The second-order valence-corrected chi connectivity index (χ2v) is 4.66. The van der Waals surface area contributed by atoms with Crippen LogP contribution in [-0.2, 0) is 4.79 Å². The van der Waals surface area contributed by atoms with Crippen molar-refractivity contribution in [3.05, 3.63) is 47.8 Å². The van der Waals surface area contributed by atoms with Crippen LogP contribution in [-0.4, -0.2) is 15.7 Å². The summed E-state index contributed by atoms with van der Waals surface area (Å²) in [5.41, 5.74) is 0.835. The molecule has 6 heteroatoms. The van der Waals surface area contributed by atoms with E-state index in [1.807, 2.05) is 19.9 Å². The minimum absolute atomic E-state index is 0.0276. The van der Waals surface area contributed by atoms with E-state index in [-0.39, 0.29) is 24.1 Å². The number of amides is 1. The smallest absolute Gasteiger partial charge is 0.226 e. The van der Waals surface area contributed by atoms with Gasteiger partial charge in [-0.25, -0.2) is 8.78 Å². The monoisotopic (exact) mass is 279 g/mol. The normalized spacial score (nSPS) is 12.2. The van der Waals surface area contributed by atoms with Crippen molar-refractivity contribution in [3.8, 4) is 0 Å². The lowest BCUT2D eigenvalue weighted by molar-refractivity contribution is -0.116. The summed E-state index contributed by atoms with van der Waals surface area (Å²) in [6.45, 7) is 3.70. The molecule has 2 rings (SSSR count). The number of rotatable bonds is 4. The van der Waals surface area contributed by atoms with E-state index in [0.29, 0.717) is 0 Å². The van der Waals surface area contributed by atoms with Crippen LogP contribution in [0, 0.1) is 18.6 Å². The molecule has 0 saturated carbocycles. The highest BCUT2D eigenvalue weighted by atomic mass is 19.1. The molecule has 2 aromatic rings. The number of halogens is 2. The lowest BCUT2D eigenvalue weighted by Gasteiger charge is -2.12. The maximum absolute atomic E-state index is 13.4. The van der Waals surface area contributed by atoms with Gasteiger partial charge in [-0.1, -0.05) is 0 Å². The summed E-state index contributed by atoms with van der Waals surface area (Å²) < 4.78 is 27.8. The summed E-state index contributed by atoms with van der Waals surface area (Å²) in [6, 6.07) is 4.72. The Morgan fingerprint density at radius 2 is 2.15 bits per heavy atom. The van der Waals surface area contributed by atoms with Crippen molar-refractivity contribution >= 4 is 11.6 Å². The third-order valence-electron chi connectivity index (χ3n) is 2.88. The number of aryl methyl sites for hydroxylation is 1. The Labute approximate surface area is 115 Å². The number of hydrogen-bond acceptors (Lipinski definition) is 2. The lowest BCUT2D eigenvalue weighted by Crippen LogP contribution is -2.18. The second kappa shape index (κ2) is 5.81. The highest BCUT2D eigenvalue weighted by molar-refractivity contribution is 5.91. The average Bonchev–Trinajstić information content (AvgIpc) is 2.79. The Morgan fingerprint density at radius 3 is 2.75 bits per heavy atom. The van der Waals surface area contributed by atoms with Gasteiger partial charge in [0.25, 0.3) is 0 Å². The maximum atomic E-state index is 13.4. The van der Waals surface area contributed by atoms with Gasteiger partial charge in [0.1, 0.15) is 11.6 Å². The molecule has 4 nitrogen and oxygen atoms in total. The Balaban J connectivity index is 1.98. The largest absolute Gasteiger partial charge is 0.324 e. The number of hydrogen-bond donors (Lipinski definition) is 1. The zero-order chi connectivity index (χ0) is 14.7. The van der Waals surface area contributed by atoms with Crippen LogP contribution in [0.3, 0.4) is 0 Å². The molecule has 1 heterocycles. The third kappa shape index (κ3) is 3.40. The number of nitrogens with one attached hydrogen (secondary N) is 1. The molecule has 0 spiro atoms. The Bertz CT molecular complexity index is 625.